The van der Waals surface area contributed by atoms with Gasteiger partial charge >= 0.3 is 0 Å². The monoisotopic (exact) mass is 530 g/mol. The highest BCUT2D eigenvalue weighted by Crippen LogP contribution is 2.31. The van der Waals surface area contributed by atoms with Gasteiger partial charge in [-0.25, -0.2) is 4.39 Å². The van der Waals surface area contributed by atoms with Crippen molar-refractivity contribution >= 4 is 23.4 Å². The van der Waals surface area contributed by atoms with Crippen LogP contribution in [0.25, 0.3) is 16.8 Å². The lowest BCUT2D eigenvalue weighted by molar-refractivity contribution is -0.935. The highest BCUT2D eigenvalue weighted by molar-refractivity contribution is 8.00. The number of halogens is 1. The van der Waals surface area contributed by atoms with E-state index in [4.69, 9.17) is 0 Å². The van der Waals surface area contributed by atoms with Gasteiger partial charge in [0.25, 0.3) is 0 Å². The molecule has 196 valence electrons. The average molecular weight is 531 g/mol. The minimum Gasteiger partial charge on any atom is -0.326 e. The number of nitrogens with zero attached hydrogens (tertiary/aromatic N) is 3. The van der Waals surface area contributed by atoms with Gasteiger partial charge in [0.1, 0.15) is 11.9 Å². The maximum atomic E-state index is 13.8. The molecule has 2 atom stereocenters. The van der Waals surface area contributed by atoms with Crippen molar-refractivity contribution < 1.29 is 14.1 Å². The number of hydrogen-bond donors (Lipinski definition) is 2. The third-order valence-corrected chi connectivity index (χ3v) is 8.20. The molecular formula is C30H33FN5OS+. The first-order chi connectivity index (χ1) is 18.5. The number of aromatic nitrogens is 3. The largest absolute Gasteiger partial charge is 0.326 e. The Hall–Kier alpha value is -3.49. The van der Waals surface area contributed by atoms with E-state index in [0.717, 1.165) is 41.4 Å². The lowest BCUT2D eigenvalue weighted by atomic mass is 10.0. The topological polar surface area (TPSA) is 64.2 Å². The van der Waals surface area contributed by atoms with Crippen LogP contribution in [0, 0.1) is 5.82 Å². The first-order valence-corrected chi connectivity index (χ1v) is 14.1. The number of likely N-dealkylation sites (tertiary alicyclic amines) is 1. The van der Waals surface area contributed by atoms with Crippen LogP contribution in [0.3, 0.4) is 0 Å². The van der Waals surface area contributed by atoms with Crippen LogP contribution in [0.4, 0.5) is 10.1 Å². The summed E-state index contributed by atoms with van der Waals surface area (Å²) in [5.74, 6) is 0.415. The van der Waals surface area contributed by atoms with Gasteiger partial charge in [-0.2, -0.15) is 0 Å². The fourth-order valence-corrected chi connectivity index (χ4v) is 5.87. The molecule has 4 aromatic rings. The first kappa shape index (κ1) is 26.1. The Balaban J connectivity index is 1.40. The third kappa shape index (κ3) is 5.81. The number of thioether (sulfide) groups is 1. The highest BCUT2D eigenvalue weighted by Gasteiger charge is 2.30. The van der Waals surface area contributed by atoms with E-state index in [-0.39, 0.29) is 17.8 Å². The van der Waals surface area contributed by atoms with Crippen molar-refractivity contribution in [3.8, 4) is 16.8 Å². The molecule has 2 unspecified atom stereocenters. The van der Waals surface area contributed by atoms with Gasteiger partial charge in [0.05, 0.1) is 18.3 Å². The quantitative estimate of drug-likeness (QED) is 0.303. The maximum absolute atomic E-state index is 13.8. The third-order valence-electron chi connectivity index (χ3n) is 7.16. The Bertz CT molecular complexity index is 1370. The summed E-state index contributed by atoms with van der Waals surface area (Å²) in [5, 5.41) is 12.4. The van der Waals surface area contributed by atoms with Crippen molar-refractivity contribution in [3.63, 3.8) is 0 Å². The second kappa shape index (κ2) is 11.9. The fourth-order valence-electron chi connectivity index (χ4n) is 5.00. The number of nitrogens with one attached hydrogen (secondary N) is 2. The Morgan fingerprint density at radius 2 is 1.61 bits per heavy atom. The molecule has 3 aromatic carbocycles. The lowest BCUT2D eigenvalue weighted by Crippen LogP contribution is -3.12. The number of piperidine rings is 1. The van der Waals surface area contributed by atoms with E-state index in [1.165, 1.54) is 48.1 Å². The van der Waals surface area contributed by atoms with Crippen LogP contribution < -0.4 is 10.2 Å². The second-order valence-corrected chi connectivity index (χ2v) is 11.1. The van der Waals surface area contributed by atoms with Crippen molar-refractivity contribution in [3.05, 3.63) is 90.5 Å². The number of carbonyl (C=O) groups is 1. The van der Waals surface area contributed by atoms with Crippen molar-refractivity contribution in [2.45, 2.75) is 49.6 Å². The molecule has 0 aliphatic carbocycles. The zero-order valence-electron chi connectivity index (χ0n) is 21.7. The predicted octanol–water partition coefficient (Wildman–Crippen LogP) is 5.32. The second-order valence-electron chi connectivity index (χ2n) is 9.75. The van der Waals surface area contributed by atoms with Gasteiger partial charge in [-0.1, -0.05) is 60.3 Å². The van der Waals surface area contributed by atoms with E-state index in [0.29, 0.717) is 5.16 Å². The highest BCUT2D eigenvalue weighted by atomic mass is 32.2. The SMILES string of the molecule is CC(Sc1nnc(C(C)[NH+]2CCCCC2)n1-c1ccc(F)cc1)C(=O)Nc1ccccc1-c1ccccc1. The molecule has 1 fully saturated rings. The van der Waals surface area contributed by atoms with E-state index >= 15 is 0 Å². The number of benzene rings is 3. The van der Waals surface area contributed by atoms with E-state index in [1.807, 2.05) is 66.1 Å². The van der Waals surface area contributed by atoms with Gasteiger partial charge in [0, 0.05) is 16.9 Å². The van der Waals surface area contributed by atoms with Crippen LogP contribution in [0.1, 0.15) is 45.0 Å². The van der Waals surface area contributed by atoms with E-state index < -0.39 is 5.25 Å². The molecule has 1 saturated heterocycles. The molecule has 0 saturated carbocycles. The van der Waals surface area contributed by atoms with Crippen LogP contribution in [0.15, 0.2) is 84.0 Å². The summed E-state index contributed by atoms with van der Waals surface area (Å²) in [6, 6.07) is 24.3. The van der Waals surface area contributed by atoms with Crippen LogP contribution in [-0.4, -0.2) is 39.0 Å². The Kier molecular flexibility index (Phi) is 8.20. The van der Waals surface area contributed by atoms with Gasteiger partial charge in [-0.15, -0.1) is 10.2 Å². The van der Waals surface area contributed by atoms with Crippen molar-refractivity contribution in [2.24, 2.45) is 0 Å². The van der Waals surface area contributed by atoms with E-state index in [2.05, 4.69) is 22.4 Å². The zero-order valence-corrected chi connectivity index (χ0v) is 22.5. The molecule has 38 heavy (non-hydrogen) atoms. The molecule has 1 amide bonds. The zero-order chi connectivity index (χ0) is 26.5. The smallest absolute Gasteiger partial charge is 0.237 e. The molecule has 0 bridgehead atoms. The number of para-hydroxylation sites is 1. The summed E-state index contributed by atoms with van der Waals surface area (Å²) in [6.45, 7) is 6.24. The molecule has 0 radical (unpaired) electrons. The minimum absolute atomic E-state index is 0.122. The van der Waals surface area contributed by atoms with Gasteiger partial charge in [-0.3, -0.25) is 9.36 Å². The van der Waals surface area contributed by atoms with Crippen LogP contribution in [-0.2, 0) is 4.79 Å². The Morgan fingerprint density at radius 3 is 2.34 bits per heavy atom. The number of anilines is 1. The van der Waals surface area contributed by atoms with Crippen molar-refractivity contribution in [1.82, 2.24) is 14.8 Å². The summed E-state index contributed by atoms with van der Waals surface area (Å²) in [6.07, 6.45) is 3.67. The van der Waals surface area contributed by atoms with Gasteiger partial charge in [0.2, 0.25) is 5.91 Å². The van der Waals surface area contributed by atoms with Gasteiger partial charge in [-0.05, 0) is 69.0 Å². The number of carbonyl (C=O) groups excluding carboxylic acids is 1. The molecule has 8 heteroatoms. The Labute approximate surface area is 227 Å². The normalized spacial score (nSPS) is 15.7. The standard InChI is InChI=1S/C30H32FN5OS/c1-21(35-19-9-4-10-20-35)28-33-34-30(36(28)25-17-15-24(31)16-18-25)38-22(2)29(37)32-27-14-8-7-13-26(27)23-11-5-3-6-12-23/h3,5-8,11-18,21-22H,4,9-10,19-20H2,1-2H3,(H,32,37)/p+1. The summed E-state index contributed by atoms with van der Waals surface area (Å²) < 4.78 is 15.7. The van der Waals surface area contributed by atoms with Gasteiger partial charge in [0.15, 0.2) is 11.0 Å². The van der Waals surface area contributed by atoms with Crippen molar-refractivity contribution in [1.29, 1.82) is 0 Å². The molecule has 2 N–H and O–H groups in total. The van der Waals surface area contributed by atoms with E-state index in [1.54, 1.807) is 12.1 Å². The summed E-state index contributed by atoms with van der Waals surface area (Å²) in [5.41, 5.74) is 3.56. The number of hydrogen-bond acceptors (Lipinski definition) is 4. The molecular weight excluding hydrogens is 497 g/mol. The number of amides is 1. The van der Waals surface area contributed by atoms with Crippen LogP contribution in [0.2, 0.25) is 0 Å². The van der Waals surface area contributed by atoms with Gasteiger partial charge < -0.3 is 10.2 Å². The number of quaternary nitrogens is 1. The van der Waals surface area contributed by atoms with Crippen LogP contribution in [0.5, 0.6) is 0 Å². The molecule has 1 aliphatic rings. The molecule has 6 nitrogen and oxygen atoms in total. The molecule has 1 aliphatic heterocycles. The average Bonchev–Trinajstić information content (AvgIpc) is 3.37. The fraction of sp³-hybridized carbons (Fsp3) is 0.300. The molecule has 2 heterocycles. The molecule has 1 aromatic heterocycles. The first-order valence-electron chi connectivity index (χ1n) is 13.2. The molecule has 5 rings (SSSR count). The Morgan fingerprint density at radius 1 is 0.921 bits per heavy atom. The summed E-state index contributed by atoms with van der Waals surface area (Å²) >= 11 is 1.36. The minimum atomic E-state index is -0.437. The maximum Gasteiger partial charge on any atom is 0.237 e. The van der Waals surface area contributed by atoms with E-state index in [9.17, 15) is 9.18 Å². The van der Waals surface area contributed by atoms with Crippen LogP contribution >= 0.6 is 11.8 Å². The summed E-state index contributed by atoms with van der Waals surface area (Å²) in [7, 11) is 0. The predicted molar refractivity (Wildman–Crippen MR) is 150 cm³/mol. The molecule has 0 spiro atoms. The number of rotatable bonds is 8. The lowest BCUT2D eigenvalue weighted by Gasteiger charge is -2.29. The van der Waals surface area contributed by atoms with Crippen molar-refractivity contribution in [2.75, 3.05) is 18.4 Å². The summed E-state index contributed by atoms with van der Waals surface area (Å²) in [4.78, 5) is 14.8.